The predicted molar refractivity (Wildman–Crippen MR) is 79.1 cm³/mol. The van der Waals surface area contributed by atoms with E-state index in [2.05, 4.69) is 0 Å². The summed E-state index contributed by atoms with van der Waals surface area (Å²) in [4.78, 5) is 10.6. The minimum Gasteiger partial charge on any atom is -0.496 e. The van der Waals surface area contributed by atoms with Crippen molar-refractivity contribution < 1.29 is 14.4 Å². The Balaban J connectivity index is 2.44. The molecule has 6 nitrogen and oxygen atoms in total. The summed E-state index contributed by atoms with van der Waals surface area (Å²) in [6, 6.07) is 9.36. The molecular formula is C14H13ClN2O4. The summed E-state index contributed by atoms with van der Waals surface area (Å²) < 4.78 is 10.6. The van der Waals surface area contributed by atoms with E-state index in [-0.39, 0.29) is 18.0 Å². The minimum atomic E-state index is -0.537. The Morgan fingerprint density at radius 3 is 2.67 bits per heavy atom. The second-order valence-corrected chi connectivity index (χ2v) is 4.52. The molecule has 0 aromatic heterocycles. The number of rotatable bonds is 5. The molecule has 0 aliphatic rings. The summed E-state index contributed by atoms with van der Waals surface area (Å²) in [6.07, 6.45) is 0. The van der Waals surface area contributed by atoms with E-state index < -0.39 is 4.92 Å². The number of nitrogens with two attached hydrogens (primary N) is 1. The van der Waals surface area contributed by atoms with Crippen LogP contribution in [-0.4, -0.2) is 12.0 Å². The third kappa shape index (κ3) is 3.24. The zero-order chi connectivity index (χ0) is 15.4. The first kappa shape index (κ1) is 15.1. The second-order valence-electron chi connectivity index (χ2n) is 4.11. The van der Waals surface area contributed by atoms with E-state index in [1.807, 2.05) is 0 Å². The first-order valence-electron chi connectivity index (χ1n) is 6.04. The van der Waals surface area contributed by atoms with Crippen LogP contribution in [0, 0.1) is 10.1 Å². The van der Waals surface area contributed by atoms with E-state index in [0.29, 0.717) is 22.1 Å². The van der Waals surface area contributed by atoms with Crippen molar-refractivity contribution in [3.63, 3.8) is 0 Å². The Labute approximate surface area is 126 Å². The topological polar surface area (TPSA) is 87.6 Å². The number of nitro groups is 1. The molecule has 0 unspecified atom stereocenters. The number of benzene rings is 2. The lowest BCUT2D eigenvalue weighted by Gasteiger charge is -2.12. The van der Waals surface area contributed by atoms with E-state index in [1.54, 1.807) is 24.3 Å². The maximum Gasteiger partial charge on any atom is 0.315 e. The standard InChI is InChI=1S/C14H13ClN2O4/c1-20-9-5-6-14(12(7-9)17(18)19)21-13-4-2-3-11(15)10(13)8-16/h2-7H,8,16H2,1H3. The fourth-order valence-electron chi connectivity index (χ4n) is 1.80. The molecule has 2 rings (SSSR count). The van der Waals surface area contributed by atoms with Crippen LogP contribution in [0.1, 0.15) is 5.56 Å². The molecule has 0 spiro atoms. The van der Waals surface area contributed by atoms with E-state index in [1.165, 1.54) is 19.2 Å². The smallest absolute Gasteiger partial charge is 0.315 e. The molecule has 2 aromatic carbocycles. The summed E-state index contributed by atoms with van der Waals surface area (Å²) in [5.41, 5.74) is 6.02. The van der Waals surface area contributed by atoms with Gasteiger partial charge >= 0.3 is 5.69 Å². The number of nitrogens with zero attached hydrogens (tertiary/aromatic N) is 1. The quantitative estimate of drug-likeness (QED) is 0.674. The first-order chi connectivity index (χ1) is 10.1. The average molecular weight is 309 g/mol. The van der Waals surface area contributed by atoms with E-state index in [9.17, 15) is 10.1 Å². The van der Waals surface area contributed by atoms with E-state index >= 15 is 0 Å². The molecule has 0 saturated carbocycles. The van der Waals surface area contributed by atoms with Gasteiger partial charge in [0, 0.05) is 17.1 Å². The van der Waals surface area contributed by atoms with Crippen molar-refractivity contribution >= 4 is 17.3 Å². The molecule has 0 aliphatic heterocycles. The van der Waals surface area contributed by atoms with Crippen LogP contribution in [0.5, 0.6) is 17.2 Å². The number of hydrogen-bond acceptors (Lipinski definition) is 5. The van der Waals surface area contributed by atoms with Gasteiger partial charge in [-0.3, -0.25) is 10.1 Å². The van der Waals surface area contributed by atoms with Gasteiger partial charge in [-0.05, 0) is 24.3 Å². The Bertz CT molecular complexity index is 676. The minimum absolute atomic E-state index is 0.0952. The van der Waals surface area contributed by atoms with Gasteiger partial charge in [0.25, 0.3) is 0 Å². The van der Waals surface area contributed by atoms with Gasteiger partial charge in [0.15, 0.2) is 0 Å². The molecule has 0 atom stereocenters. The monoisotopic (exact) mass is 308 g/mol. The van der Waals surface area contributed by atoms with Gasteiger partial charge in [0.05, 0.1) is 18.1 Å². The number of methoxy groups -OCH3 is 1. The molecule has 0 fully saturated rings. The van der Waals surface area contributed by atoms with Gasteiger partial charge < -0.3 is 15.2 Å². The lowest BCUT2D eigenvalue weighted by Crippen LogP contribution is -2.01. The van der Waals surface area contributed by atoms with Crippen LogP contribution in [-0.2, 0) is 6.54 Å². The number of ether oxygens (including phenoxy) is 2. The van der Waals surface area contributed by atoms with Gasteiger partial charge in [-0.1, -0.05) is 17.7 Å². The van der Waals surface area contributed by atoms with Gasteiger partial charge in [0.1, 0.15) is 11.5 Å². The van der Waals surface area contributed by atoms with Crippen LogP contribution >= 0.6 is 11.6 Å². The van der Waals surface area contributed by atoms with Crippen molar-refractivity contribution in [3.8, 4) is 17.2 Å². The van der Waals surface area contributed by atoms with Crippen LogP contribution in [0.15, 0.2) is 36.4 Å². The average Bonchev–Trinajstić information content (AvgIpc) is 2.47. The zero-order valence-corrected chi connectivity index (χ0v) is 12.0. The molecule has 2 aromatic rings. The van der Waals surface area contributed by atoms with Crippen LogP contribution < -0.4 is 15.2 Å². The molecule has 21 heavy (non-hydrogen) atoms. The third-order valence-electron chi connectivity index (χ3n) is 2.86. The van der Waals surface area contributed by atoms with Crippen LogP contribution in [0.4, 0.5) is 5.69 Å². The molecule has 0 radical (unpaired) electrons. The molecule has 110 valence electrons. The molecule has 0 saturated heterocycles. The number of hydrogen-bond donors (Lipinski definition) is 1. The number of halogens is 1. The first-order valence-corrected chi connectivity index (χ1v) is 6.42. The van der Waals surface area contributed by atoms with Crippen LogP contribution in [0.25, 0.3) is 0 Å². The highest BCUT2D eigenvalue weighted by Crippen LogP contribution is 2.36. The summed E-state index contributed by atoms with van der Waals surface area (Å²) in [7, 11) is 1.43. The molecule has 2 N–H and O–H groups in total. The Kier molecular flexibility index (Phi) is 4.62. The van der Waals surface area contributed by atoms with E-state index in [4.69, 9.17) is 26.8 Å². The Morgan fingerprint density at radius 2 is 2.05 bits per heavy atom. The third-order valence-corrected chi connectivity index (χ3v) is 3.22. The Hall–Kier alpha value is -2.31. The van der Waals surface area contributed by atoms with Crippen molar-refractivity contribution in [1.29, 1.82) is 0 Å². The fraction of sp³-hybridized carbons (Fsp3) is 0.143. The molecule has 0 bridgehead atoms. The predicted octanol–water partition coefficient (Wildman–Crippen LogP) is 3.51. The normalized spacial score (nSPS) is 10.2. The van der Waals surface area contributed by atoms with Gasteiger partial charge in [-0.25, -0.2) is 0 Å². The molecule has 0 heterocycles. The Morgan fingerprint density at radius 1 is 1.29 bits per heavy atom. The van der Waals surface area contributed by atoms with Crippen molar-refractivity contribution in [2.24, 2.45) is 5.73 Å². The van der Waals surface area contributed by atoms with E-state index in [0.717, 1.165) is 0 Å². The SMILES string of the molecule is COc1ccc(Oc2cccc(Cl)c2CN)c([N+](=O)[O-])c1. The van der Waals surface area contributed by atoms with Crippen molar-refractivity contribution in [1.82, 2.24) is 0 Å². The summed E-state index contributed by atoms with van der Waals surface area (Å²) in [5, 5.41) is 11.6. The zero-order valence-electron chi connectivity index (χ0n) is 11.2. The maximum atomic E-state index is 11.1. The van der Waals surface area contributed by atoms with Crippen molar-refractivity contribution in [3.05, 3.63) is 57.1 Å². The summed E-state index contributed by atoms with van der Waals surface area (Å²) in [5.74, 6) is 0.857. The van der Waals surface area contributed by atoms with Crippen LogP contribution in [0.3, 0.4) is 0 Å². The van der Waals surface area contributed by atoms with Crippen LogP contribution in [0.2, 0.25) is 5.02 Å². The fourth-order valence-corrected chi connectivity index (χ4v) is 2.05. The molecule has 0 amide bonds. The summed E-state index contributed by atoms with van der Waals surface area (Å²) in [6.45, 7) is 0.166. The second kappa shape index (κ2) is 6.43. The highest BCUT2D eigenvalue weighted by molar-refractivity contribution is 6.31. The van der Waals surface area contributed by atoms with Gasteiger partial charge in [0.2, 0.25) is 5.75 Å². The van der Waals surface area contributed by atoms with Crippen molar-refractivity contribution in [2.45, 2.75) is 6.54 Å². The molecule has 7 heteroatoms. The number of nitro benzene ring substituents is 1. The lowest BCUT2D eigenvalue weighted by atomic mass is 10.2. The maximum absolute atomic E-state index is 11.1. The highest BCUT2D eigenvalue weighted by atomic mass is 35.5. The van der Waals surface area contributed by atoms with Gasteiger partial charge in [-0.15, -0.1) is 0 Å². The summed E-state index contributed by atoms with van der Waals surface area (Å²) >= 11 is 6.03. The molecule has 0 aliphatic carbocycles. The largest absolute Gasteiger partial charge is 0.496 e. The van der Waals surface area contributed by atoms with Crippen molar-refractivity contribution in [2.75, 3.05) is 7.11 Å². The lowest BCUT2D eigenvalue weighted by molar-refractivity contribution is -0.385. The van der Waals surface area contributed by atoms with Gasteiger partial charge in [-0.2, -0.15) is 0 Å². The molecular weight excluding hydrogens is 296 g/mol. The highest BCUT2D eigenvalue weighted by Gasteiger charge is 2.18.